The minimum Gasteiger partial charge on any atom is -0.465 e. The highest BCUT2D eigenvalue weighted by atomic mass is 16.6. The summed E-state index contributed by atoms with van der Waals surface area (Å²) >= 11 is 0. The molecule has 1 rings (SSSR count). The Morgan fingerprint density at radius 1 is 1.31 bits per heavy atom. The van der Waals surface area contributed by atoms with Gasteiger partial charge in [-0.3, -0.25) is 4.79 Å². The first-order valence-corrected chi connectivity index (χ1v) is 5.94. The van der Waals surface area contributed by atoms with Crippen LogP contribution in [0.1, 0.15) is 34.1 Å². The quantitative estimate of drug-likeness (QED) is 0.652. The van der Waals surface area contributed by atoms with Crippen LogP contribution in [0.15, 0.2) is 0 Å². The standard InChI is InChI=1S/C12H22O4/c1-8(2)15-7-11(16-9(3)4)10-5-6-14-12(10)13/h8-11H,5-7H2,1-4H3. The molecule has 1 fully saturated rings. The lowest BCUT2D eigenvalue weighted by Gasteiger charge is -2.24. The third-order valence-electron chi connectivity index (χ3n) is 2.47. The molecule has 0 bridgehead atoms. The Morgan fingerprint density at radius 2 is 2.00 bits per heavy atom. The Bertz CT molecular complexity index is 225. The van der Waals surface area contributed by atoms with Gasteiger partial charge in [0.1, 0.15) is 0 Å². The maximum atomic E-state index is 11.5. The monoisotopic (exact) mass is 230 g/mol. The summed E-state index contributed by atoms with van der Waals surface area (Å²) in [5, 5.41) is 0. The second-order valence-electron chi connectivity index (χ2n) is 4.67. The van der Waals surface area contributed by atoms with Gasteiger partial charge in [-0.15, -0.1) is 0 Å². The van der Waals surface area contributed by atoms with Crippen molar-refractivity contribution < 1.29 is 19.0 Å². The van der Waals surface area contributed by atoms with Crippen LogP contribution in [-0.4, -0.2) is 37.5 Å². The van der Waals surface area contributed by atoms with Gasteiger partial charge in [-0.25, -0.2) is 0 Å². The fourth-order valence-electron chi connectivity index (χ4n) is 1.74. The van der Waals surface area contributed by atoms with E-state index in [0.717, 1.165) is 6.42 Å². The van der Waals surface area contributed by atoms with Crippen LogP contribution in [0, 0.1) is 5.92 Å². The van der Waals surface area contributed by atoms with Crippen LogP contribution < -0.4 is 0 Å². The van der Waals surface area contributed by atoms with Gasteiger partial charge in [0.15, 0.2) is 0 Å². The van der Waals surface area contributed by atoms with Gasteiger partial charge in [-0.2, -0.15) is 0 Å². The van der Waals surface area contributed by atoms with Crippen molar-refractivity contribution in [2.45, 2.75) is 52.4 Å². The molecule has 0 saturated carbocycles. The molecule has 0 aliphatic carbocycles. The fourth-order valence-corrected chi connectivity index (χ4v) is 1.74. The third-order valence-corrected chi connectivity index (χ3v) is 2.47. The average molecular weight is 230 g/mol. The zero-order valence-electron chi connectivity index (χ0n) is 10.6. The minimum absolute atomic E-state index is 0.0918. The van der Waals surface area contributed by atoms with Crippen molar-refractivity contribution in [2.24, 2.45) is 5.92 Å². The van der Waals surface area contributed by atoms with E-state index in [4.69, 9.17) is 14.2 Å². The normalized spacial score (nSPS) is 22.9. The Hall–Kier alpha value is -0.610. The lowest BCUT2D eigenvalue weighted by Crippen LogP contribution is -2.35. The molecular weight excluding hydrogens is 208 g/mol. The van der Waals surface area contributed by atoms with Gasteiger partial charge in [-0.1, -0.05) is 0 Å². The fraction of sp³-hybridized carbons (Fsp3) is 0.917. The largest absolute Gasteiger partial charge is 0.465 e. The third kappa shape index (κ3) is 4.10. The van der Waals surface area contributed by atoms with Crippen molar-refractivity contribution in [1.82, 2.24) is 0 Å². The van der Waals surface area contributed by atoms with Gasteiger partial charge < -0.3 is 14.2 Å². The molecule has 0 aromatic carbocycles. The molecule has 2 unspecified atom stereocenters. The number of hydrogen-bond acceptors (Lipinski definition) is 4. The molecule has 1 aliphatic heterocycles. The maximum Gasteiger partial charge on any atom is 0.311 e. The number of rotatable bonds is 6. The molecule has 0 N–H and O–H groups in total. The lowest BCUT2D eigenvalue weighted by atomic mass is 10.0. The summed E-state index contributed by atoms with van der Waals surface area (Å²) in [6.45, 7) is 8.82. The van der Waals surface area contributed by atoms with E-state index in [-0.39, 0.29) is 30.2 Å². The number of hydrogen-bond donors (Lipinski definition) is 0. The van der Waals surface area contributed by atoms with Gasteiger partial charge in [0.25, 0.3) is 0 Å². The second-order valence-corrected chi connectivity index (χ2v) is 4.67. The predicted octanol–water partition coefficient (Wildman–Crippen LogP) is 1.77. The van der Waals surface area contributed by atoms with E-state index < -0.39 is 0 Å². The molecule has 16 heavy (non-hydrogen) atoms. The first-order valence-electron chi connectivity index (χ1n) is 5.94. The highest BCUT2D eigenvalue weighted by molar-refractivity contribution is 5.74. The summed E-state index contributed by atoms with van der Waals surface area (Å²) in [5.74, 6) is -0.320. The first kappa shape index (κ1) is 13.5. The highest BCUT2D eigenvalue weighted by Crippen LogP contribution is 2.22. The molecule has 4 nitrogen and oxygen atoms in total. The molecule has 94 valence electrons. The van der Waals surface area contributed by atoms with Crippen LogP contribution in [0.5, 0.6) is 0 Å². The summed E-state index contributed by atoms with van der Waals surface area (Å²) in [5.41, 5.74) is 0. The molecule has 0 aromatic rings. The highest BCUT2D eigenvalue weighted by Gasteiger charge is 2.35. The maximum absolute atomic E-state index is 11.5. The topological polar surface area (TPSA) is 44.8 Å². The summed E-state index contributed by atoms with van der Waals surface area (Å²) in [6, 6.07) is 0. The Balaban J connectivity index is 2.51. The summed E-state index contributed by atoms with van der Waals surface area (Å²) < 4.78 is 16.2. The van der Waals surface area contributed by atoms with E-state index in [1.165, 1.54) is 0 Å². The van der Waals surface area contributed by atoms with E-state index in [1.54, 1.807) is 0 Å². The van der Waals surface area contributed by atoms with Crippen molar-refractivity contribution in [3.63, 3.8) is 0 Å². The Kier molecular flexibility index (Phi) is 5.22. The second kappa shape index (κ2) is 6.21. The van der Waals surface area contributed by atoms with Crippen LogP contribution in [0.2, 0.25) is 0 Å². The number of esters is 1. The SMILES string of the molecule is CC(C)OCC(OC(C)C)C1CCOC1=O. The van der Waals surface area contributed by atoms with E-state index in [1.807, 2.05) is 27.7 Å². The van der Waals surface area contributed by atoms with Crippen LogP contribution in [0.3, 0.4) is 0 Å². The minimum atomic E-state index is -0.183. The lowest BCUT2D eigenvalue weighted by molar-refractivity contribution is -0.149. The van der Waals surface area contributed by atoms with Gasteiger partial charge in [0.05, 0.1) is 37.4 Å². The van der Waals surface area contributed by atoms with Crippen LogP contribution in [-0.2, 0) is 19.0 Å². The van der Waals surface area contributed by atoms with Crippen molar-refractivity contribution >= 4 is 5.97 Å². The van der Waals surface area contributed by atoms with Crippen LogP contribution in [0.25, 0.3) is 0 Å². The molecule has 0 spiro atoms. The molecule has 1 aliphatic rings. The Morgan fingerprint density at radius 3 is 2.44 bits per heavy atom. The van der Waals surface area contributed by atoms with Crippen LogP contribution >= 0.6 is 0 Å². The van der Waals surface area contributed by atoms with E-state index >= 15 is 0 Å². The van der Waals surface area contributed by atoms with E-state index in [2.05, 4.69) is 0 Å². The summed E-state index contributed by atoms with van der Waals surface area (Å²) in [6.07, 6.45) is 0.791. The first-order chi connectivity index (χ1) is 7.50. The number of ether oxygens (including phenoxy) is 3. The predicted molar refractivity (Wildman–Crippen MR) is 60.2 cm³/mol. The van der Waals surface area contributed by atoms with Gasteiger partial charge in [-0.05, 0) is 34.1 Å². The molecule has 2 atom stereocenters. The summed E-state index contributed by atoms with van der Waals surface area (Å²) in [4.78, 5) is 11.5. The molecular formula is C12H22O4. The van der Waals surface area contributed by atoms with Crippen molar-refractivity contribution in [3.05, 3.63) is 0 Å². The molecule has 1 saturated heterocycles. The number of cyclic esters (lactones) is 1. The molecule has 1 heterocycles. The molecule has 0 radical (unpaired) electrons. The van der Waals surface area contributed by atoms with E-state index in [9.17, 15) is 4.79 Å². The average Bonchev–Trinajstić information content (AvgIpc) is 2.58. The van der Waals surface area contributed by atoms with Gasteiger partial charge in [0.2, 0.25) is 0 Å². The van der Waals surface area contributed by atoms with Crippen molar-refractivity contribution in [1.29, 1.82) is 0 Å². The molecule has 4 heteroatoms. The number of carbonyl (C=O) groups is 1. The van der Waals surface area contributed by atoms with Crippen molar-refractivity contribution in [3.8, 4) is 0 Å². The molecule has 0 aromatic heterocycles. The van der Waals surface area contributed by atoms with Gasteiger partial charge >= 0.3 is 5.97 Å². The Labute approximate surface area is 97.2 Å². The van der Waals surface area contributed by atoms with Crippen molar-refractivity contribution in [2.75, 3.05) is 13.2 Å². The molecule has 0 amide bonds. The summed E-state index contributed by atoms with van der Waals surface area (Å²) in [7, 11) is 0. The zero-order valence-corrected chi connectivity index (χ0v) is 10.6. The smallest absolute Gasteiger partial charge is 0.311 e. The van der Waals surface area contributed by atoms with E-state index in [0.29, 0.717) is 13.2 Å². The number of carbonyl (C=O) groups excluding carboxylic acids is 1. The van der Waals surface area contributed by atoms with Crippen LogP contribution in [0.4, 0.5) is 0 Å². The van der Waals surface area contributed by atoms with Gasteiger partial charge in [0, 0.05) is 0 Å². The zero-order chi connectivity index (χ0) is 12.1.